The summed E-state index contributed by atoms with van der Waals surface area (Å²) in [6.07, 6.45) is 2.99. The molecule has 1 aliphatic rings. The van der Waals surface area contributed by atoms with Crippen LogP contribution in [0, 0.1) is 6.92 Å². The van der Waals surface area contributed by atoms with Gasteiger partial charge in [0.1, 0.15) is 11.8 Å². The number of amides is 1. The van der Waals surface area contributed by atoms with Crippen LogP contribution in [0.25, 0.3) is 0 Å². The molecule has 3 rings (SSSR count). The highest BCUT2D eigenvalue weighted by Crippen LogP contribution is 2.20. The van der Waals surface area contributed by atoms with Crippen LogP contribution in [0.4, 0.5) is 0 Å². The molecule has 0 aliphatic carbocycles. The highest BCUT2D eigenvalue weighted by molar-refractivity contribution is 5.92. The van der Waals surface area contributed by atoms with Crippen molar-refractivity contribution in [3.63, 3.8) is 0 Å². The van der Waals surface area contributed by atoms with Crippen LogP contribution in [0.1, 0.15) is 28.1 Å². The quantitative estimate of drug-likeness (QED) is 0.871. The van der Waals surface area contributed by atoms with Gasteiger partial charge in [0.15, 0.2) is 5.82 Å². The lowest BCUT2D eigenvalue weighted by molar-refractivity contribution is -0.0270. The van der Waals surface area contributed by atoms with Gasteiger partial charge < -0.3 is 9.64 Å². The molecule has 0 spiro atoms. The molecule has 20 heavy (non-hydrogen) atoms. The Bertz CT molecular complexity index is 599. The summed E-state index contributed by atoms with van der Waals surface area (Å²) in [6, 6.07) is 3.50. The lowest BCUT2D eigenvalue weighted by Crippen LogP contribution is -2.42. The fourth-order valence-corrected chi connectivity index (χ4v) is 2.16. The molecule has 1 aliphatic heterocycles. The van der Waals surface area contributed by atoms with E-state index in [-0.39, 0.29) is 12.0 Å². The van der Waals surface area contributed by atoms with Crippen molar-refractivity contribution in [3.8, 4) is 0 Å². The van der Waals surface area contributed by atoms with Gasteiger partial charge in [-0.15, -0.1) is 0 Å². The topological polar surface area (TPSA) is 84.0 Å². The Kier molecular flexibility index (Phi) is 3.42. The SMILES string of the molecule is Cc1ccnc([C@@H]2CN(C(=O)c3ccn[nH]3)CCO2)n1. The van der Waals surface area contributed by atoms with E-state index in [1.807, 2.05) is 13.0 Å². The lowest BCUT2D eigenvalue weighted by Gasteiger charge is -2.31. The maximum absolute atomic E-state index is 12.3. The maximum atomic E-state index is 12.3. The summed E-state index contributed by atoms with van der Waals surface area (Å²) in [5.74, 6) is 0.538. The minimum Gasteiger partial charge on any atom is -0.367 e. The molecule has 0 radical (unpaired) electrons. The molecule has 104 valence electrons. The molecule has 2 aromatic heterocycles. The number of carbonyl (C=O) groups is 1. The van der Waals surface area contributed by atoms with Crippen molar-refractivity contribution in [2.45, 2.75) is 13.0 Å². The Morgan fingerprint density at radius 2 is 2.35 bits per heavy atom. The number of nitrogens with zero attached hydrogens (tertiary/aromatic N) is 4. The second-order valence-electron chi connectivity index (χ2n) is 4.64. The summed E-state index contributed by atoms with van der Waals surface area (Å²) in [6.45, 7) is 3.38. The molecular formula is C13H15N5O2. The van der Waals surface area contributed by atoms with E-state index in [2.05, 4.69) is 20.2 Å². The molecular weight excluding hydrogens is 258 g/mol. The molecule has 1 saturated heterocycles. The van der Waals surface area contributed by atoms with E-state index in [1.165, 1.54) is 0 Å². The van der Waals surface area contributed by atoms with Crippen LogP contribution in [-0.4, -0.2) is 50.7 Å². The smallest absolute Gasteiger partial charge is 0.272 e. The summed E-state index contributed by atoms with van der Waals surface area (Å²) < 4.78 is 5.67. The third-order valence-corrected chi connectivity index (χ3v) is 3.19. The molecule has 0 bridgehead atoms. The number of rotatable bonds is 2. The van der Waals surface area contributed by atoms with Crippen molar-refractivity contribution < 1.29 is 9.53 Å². The highest BCUT2D eigenvalue weighted by Gasteiger charge is 2.28. The predicted molar refractivity (Wildman–Crippen MR) is 70.0 cm³/mol. The molecule has 1 amide bonds. The van der Waals surface area contributed by atoms with Gasteiger partial charge in [-0.2, -0.15) is 5.10 Å². The first kappa shape index (κ1) is 12.7. The highest BCUT2D eigenvalue weighted by atomic mass is 16.5. The first-order valence-corrected chi connectivity index (χ1v) is 6.44. The number of morpholine rings is 1. The molecule has 7 heteroatoms. The van der Waals surface area contributed by atoms with Crippen molar-refractivity contribution in [3.05, 3.63) is 41.7 Å². The summed E-state index contributed by atoms with van der Waals surface area (Å²) in [5, 5.41) is 6.48. The fourth-order valence-electron chi connectivity index (χ4n) is 2.16. The molecule has 0 unspecified atom stereocenters. The van der Waals surface area contributed by atoms with Gasteiger partial charge in [-0.1, -0.05) is 0 Å². The molecule has 0 aromatic carbocycles. The maximum Gasteiger partial charge on any atom is 0.272 e. The van der Waals surface area contributed by atoms with Gasteiger partial charge in [-0.25, -0.2) is 9.97 Å². The Balaban J connectivity index is 1.75. The zero-order valence-electron chi connectivity index (χ0n) is 11.1. The second kappa shape index (κ2) is 5.38. The number of H-pyrrole nitrogens is 1. The van der Waals surface area contributed by atoms with Crippen LogP contribution in [-0.2, 0) is 4.74 Å². The molecule has 1 N–H and O–H groups in total. The summed E-state index contributed by atoms with van der Waals surface area (Å²) in [7, 11) is 0. The largest absolute Gasteiger partial charge is 0.367 e. The Labute approximate surface area is 116 Å². The number of aryl methyl sites for hydroxylation is 1. The normalized spacial score (nSPS) is 19.1. The Morgan fingerprint density at radius 1 is 1.45 bits per heavy atom. The van der Waals surface area contributed by atoms with Crippen LogP contribution >= 0.6 is 0 Å². The van der Waals surface area contributed by atoms with Gasteiger partial charge in [0, 0.05) is 24.6 Å². The third kappa shape index (κ3) is 2.53. The molecule has 0 saturated carbocycles. The summed E-state index contributed by atoms with van der Waals surface area (Å²) >= 11 is 0. The van der Waals surface area contributed by atoms with Crippen molar-refractivity contribution in [1.29, 1.82) is 0 Å². The first-order valence-electron chi connectivity index (χ1n) is 6.44. The minimum atomic E-state index is -0.282. The summed E-state index contributed by atoms with van der Waals surface area (Å²) in [4.78, 5) is 22.6. The third-order valence-electron chi connectivity index (χ3n) is 3.19. The van der Waals surface area contributed by atoms with Gasteiger partial charge in [-0.05, 0) is 19.1 Å². The van der Waals surface area contributed by atoms with E-state index in [9.17, 15) is 4.79 Å². The van der Waals surface area contributed by atoms with Gasteiger partial charge in [0.05, 0.1) is 13.2 Å². The van der Waals surface area contributed by atoms with Gasteiger partial charge in [0.25, 0.3) is 5.91 Å². The van der Waals surface area contributed by atoms with Crippen LogP contribution < -0.4 is 0 Å². The lowest BCUT2D eigenvalue weighted by atomic mass is 10.2. The van der Waals surface area contributed by atoms with Crippen LogP contribution in [0.5, 0.6) is 0 Å². The zero-order valence-corrected chi connectivity index (χ0v) is 11.1. The average molecular weight is 273 g/mol. The average Bonchev–Trinajstić information content (AvgIpc) is 3.01. The summed E-state index contributed by atoms with van der Waals surface area (Å²) in [5.41, 5.74) is 1.37. The van der Waals surface area contributed by atoms with E-state index in [0.717, 1.165) is 5.69 Å². The number of hydrogen-bond donors (Lipinski definition) is 1. The van der Waals surface area contributed by atoms with Crippen molar-refractivity contribution >= 4 is 5.91 Å². The van der Waals surface area contributed by atoms with Crippen molar-refractivity contribution in [2.24, 2.45) is 0 Å². The predicted octanol–water partition coefficient (Wildman–Crippen LogP) is 0.722. The Hall–Kier alpha value is -2.28. The minimum absolute atomic E-state index is 0.0801. The van der Waals surface area contributed by atoms with Crippen LogP contribution in [0.15, 0.2) is 24.5 Å². The number of ether oxygens (including phenoxy) is 1. The van der Waals surface area contributed by atoms with E-state index < -0.39 is 0 Å². The van der Waals surface area contributed by atoms with Gasteiger partial charge in [-0.3, -0.25) is 9.89 Å². The van der Waals surface area contributed by atoms with Gasteiger partial charge >= 0.3 is 0 Å². The molecule has 1 fully saturated rings. The van der Waals surface area contributed by atoms with Crippen LogP contribution in [0.2, 0.25) is 0 Å². The zero-order chi connectivity index (χ0) is 13.9. The second-order valence-corrected chi connectivity index (χ2v) is 4.64. The number of hydrogen-bond acceptors (Lipinski definition) is 5. The van der Waals surface area contributed by atoms with Crippen LogP contribution in [0.3, 0.4) is 0 Å². The molecule has 7 nitrogen and oxygen atoms in total. The van der Waals surface area contributed by atoms with E-state index in [0.29, 0.717) is 31.2 Å². The molecule has 1 atom stereocenters. The van der Waals surface area contributed by atoms with E-state index in [4.69, 9.17) is 4.74 Å². The van der Waals surface area contributed by atoms with Crippen molar-refractivity contribution in [1.82, 2.24) is 25.1 Å². The van der Waals surface area contributed by atoms with E-state index in [1.54, 1.807) is 23.4 Å². The fraction of sp³-hybridized carbons (Fsp3) is 0.385. The first-order chi connectivity index (χ1) is 9.74. The number of nitrogens with one attached hydrogen (secondary N) is 1. The monoisotopic (exact) mass is 273 g/mol. The van der Waals surface area contributed by atoms with Gasteiger partial charge in [0.2, 0.25) is 0 Å². The van der Waals surface area contributed by atoms with E-state index >= 15 is 0 Å². The number of aromatic amines is 1. The standard InChI is InChI=1S/C13H15N5O2/c1-9-2-4-14-12(16-9)11-8-18(6-7-20-11)13(19)10-3-5-15-17-10/h2-5,11H,6-8H2,1H3,(H,15,17)/t11-/m0/s1. The number of aromatic nitrogens is 4. The molecule has 3 heterocycles. The number of carbonyl (C=O) groups excluding carboxylic acids is 1. The Morgan fingerprint density at radius 3 is 3.10 bits per heavy atom. The molecule has 2 aromatic rings. The van der Waals surface area contributed by atoms with Crippen molar-refractivity contribution in [2.75, 3.05) is 19.7 Å².